The maximum atomic E-state index is 12.3. The van der Waals surface area contributed by atoms with Gasteiger partial charge in [0.2, 0.25) is 5.91 Å². The summed E-state index contributed by atoms with van der Waals surface area (Å²) in [5.74, 6) is 0.613. The number of carbonyl (C=O) groups is 2. The smallest absolute Gasteiger partial charge is 0.251 e. The largest absolute Gasteiger partial charge is 0.494 e. The van der Waals surface area contributed by atoms with Crippen molar-refractivity contribution in [2.24, 2.45) is 0 Å². The lowest BCUT2D eigenvalue weighted by Crippen LogP contribution is -2.37. The molecule has 0 saturated carbocycles. The molecule has 1 heterocycles. The van der Waals surface area contributed by atoms with Crippen LogP contribution in [-0.4, -0.2) is 31.0 Å². The zero-order chi connectivity index (χ0) is 17.8. The van der Waals surface area contributed by atoms with Crippen LogP contribution < -0.4 is 15.0 Å². The molecule has 1 aliphatic rings. The van der Waals surface area contributed by atoms with Crippen molar-refractivity contribution in [3.8, 4) is 5.75 Å². The summed E-state index contributed by atoms with van der Waals surface area (Å²) >= 11 is 3.35. The fourth-order valence-corrected chi connectivity index (χ4v) is 3.08. The number of carbonyl (C=O) groups excluding carboxylic acids is 2. The first-order chi connectivity index (χ1) is 12.1. The van der Waals surface area contributed by atoms with Crippen molar-refractivity contribution in [3.05, 3.63) is 58.6 Å². The van der Waals surface area contributed by atoms with Gasteiger partial charge in [0.05, 0.1) is 12.6 Å². The maximum Gasteiger partial charge on any atom is 0.251 e. The predicted molar refractivity (Wildman–Crippen MR) is 100.0 cm³/mol. The highest BCUT2D eigenvalue weighted by Crippen LogP contribution is 2.24. The Bertz CT molecular complexity index is 759. The molecule has 1 aliphatic heterocycles. The van der Waals surface area contributed by atoms with Crippen molar-refractivity contribution in [1.82, 2.24) is 5.32 Å². The van der Waals surface area contributed by atoms with E-state index in [9.17, 15) is 9.59 Å². The second-order valence-corrected chi connectivity index (χ2v) is 6.73. The number of rotatable bonds is 5. The molecule has 0 aliphatic carbocycles. The van der Waals surface area contributed by atoms with Crippen molar-refractivity contribution < 1.29 is 14.3 Å². The van der Waals surface area contributed by atoms with Crippen LogP contribution in [0.15, 0.2) is 53.0 Å². The monoisotopic (exact) mass is 402 g/mol. The average Bonchev–Trinajstić information content (AvgIpc) is 2.96. The number of hydrogen-bond acceptors (Lipinski definition) is 3. The summed E-state index contributed by atoms with van der Waals surface area (Å²) in [6.45, 7) is 3.00. The number of halogens is 1. The molecular formula is C19H19BrN2O3. The average molecular weight is 403 g/mol. The van der Waals surface area contributed by atoms with Crippen LogP contribution in [0.5, 0.6) is 5.75 Å². The van der Waals surface area contributed by atoms with Gasteiger partial charge < -0.3 is 15.0 Å². The summed E-state index contributed by atoms with van der Waals surface area (Å²) in [5.41, 5.74) is 1.39. The summed E-state index contributed by atoms with van der Waals surface area (Å²) in [6, 6.07) is 14.4. The molecule has 25 heavy (non-hydrogen) atoms. The van der Waals surface area contributed by atoms with Gasteiger partial charge in [0.1, 0.15) is 5.75 Å². The van der Waals surface area contributed by atoms with Crippen LogP contribution in [0, 0.1) is 0 Å². The van der Waals surface area contributed by atoms with Gasteiger partial charge in [-0.25, -0.2) is 0 Å². The third kappa shape index (κ3) is 4.20. The SMILES string of the molecule is CCOc1ccc(N2C[C@H](NC(=O)c3ccc(Br)cc3)CC2=O)cc1. The molecule has 2 aromatic carbocycles. The number of ether oxygens (including phenoxy) is 1. The fraction of sp³-hybridized carbons (Fsp3) is 0.263. The van der Waals surface area contributed by atoms with Crippen LogP contribution in [0.4, 0.5) is 5.69 Å². The molecule has 6 heteroatoms. The Morgan fingerprint density at radius 1 is 1.20 bits per heavy atom. The molecule has 0 radical (unpaired) electrons. The van der Waals surface area contributed by atoms with Crippen LogP contribution in [0.2, 0.25) is 0 Å². The lowest BCUT2D eigenvalue weighted by atomic mass is 10.2. The summed E-state index contributed by atoms with van der Waals surface area (Å²) < 4.78 is 6.34. The minimum Gasteiger partial charge on any atom is -0.494 e. The summed E-state index contributed by atoms with van der Waals surface area (Å²) in [7, 11) is 0. The highest BCUT2D eigenvalue weighted by atomic mass is 79.9. The maximum absolute atomic E-state index is 12.3. The molecule has 1 saturated heterocycles. The standard InChI is InChI=1S/C19H19BrN2O3/c1-2-25-17-9-7-16(8-10-17)22-12-15(11-18(22)23)21-19(24)13-3-5-14(20)6-4-13/h3-10,15H,2,11-12H2,1H3,(H,21,24)/t15-/m1/s1. The normalized spacial score (nSPS) is 16.8. The van der Waals surface area contributed by atoms with Crippen LogP contribution in [0.1, 0.15) is 23.7 Å². The topological polar surface area (TPSA) is 58.6 Å². The molecule has 5 nitrogen and oxygen atoms in total. The summed E-state index contributed by atoms with van der Waals surface area (Å²) in [6.07, 6.45) is 0.301. The van der Waals surface area contributed by atoms with E-state index in [1.165, 1.54) is 0 Å². The molecule has 1 fully saturated rings. The molecule has 2 aromatic rings. The first kappa shape index (κ1) is 17.5. The molecule has 0 unspecified atom stereocenters. The number of nitrogens with zero attached hydrogens (tertiary/aromatic N) is 1. The third-order valence-electron chi connectivity index (χ3n) is 4.03. The van der Waals surface area contributed by atoms with Gasteiger partial charge in [0, 0.05) is 28.7 Å². The van der Waals surface area contributed by atoms with Crippen LogP contribution in [-0.2, 0) is 4.79 Å². The Morgan fingerprint density at radius 3 is 2.52 bits per heavy atom. The molecule has 0 aromatic heterocycles. The quantitative estimate of drug-likeness (QED) is 0.833. The number of hydrogen-bond donors (Lipinski definition) is 1. The van der Waals surface area contributed by atoms with E-state index in [4.69, 9.17) is 4.74 Å². The Hall–Kier alpha value is -2.34. The van der Waals surface area contributed by atoms with Crippen molar-refractivity contribution >= 4 is 33.4 Å². The lowest BCUT2D eigenvalue weighted by Gasteiger charge is -2.17. The van der Waals surface area contributed by atoms with Gasteiger partial charge in [0.15, 0.2) is 0 Å². The predicted octanol–water partition coefficient (Wildman–Crippen LogP) is 3.38. The number of anilines is 1. The lowest BCUT2D eigenvalue weighted by molar-refractivity contribution is -0.117. The molecule has 0 bridgehead atoms. The van der Waals surface area contributed by atoms with E-state index in [0.29, 0.717) is 25.1 Å². The van der Waals surface area contributed by atoms with Gasteiger partial charge in [-0.05, 0) is 55.5 Å². The van der Waals surface area contributed by atoms with Crippen molar-refractivity contribution in [2.45, 2.75) is 19.4 Å². The van der Waals surface area contributed by atoms with Crippen molar-refractivity contribution in [2.75, 3.05) is 18.1 Å². The zero-order valence-electron chi connectivity index (χ0n) is 13.9. The summed E-state index contributed by atoms with van der Waals surface area (Å²) in [4.78, 5) is 26.3. The highest BCUT2D eigenvalue weighted by molar-refractivity contribution is 9.10. The Balaban J connectivity index is 1.63. The molecule has 130 valence electrons. The molecule has 1 N–H and O–H groups in total. The Morgan fingerprint density at radius 2 is 1.88 bits per heavy atom. The van der Waals surface area contributed by atoms with Gasteiger partial charge in [0.25, 0.3) is 5.91 Å². The second-order valence-electron chi connectivity index (χ2n) is 5.81. The first-order valence-corrected chi connectivity index (χ1v) is 8.96. The summed E-state index contributed by atoms with van der Waals surface area (Å²) in [5, 5.41) is 2.94. The Kier molecular flexibility index (Phi) is 5.38. The number of nitrogens with one attached hydrogen (secondary N) is 1. The number of benzene rings is 2. The van der Waals surface area contributed by atoms with Crippen LogP contribution >= 0.6 is 15.9 Å². The molecule has 1 atom stereocenters. The minimum absolute atomic E-state index is 0.00488. The van der Waals surface area contributed by atoms with E-state index >= 15 is 0 Å². The molecule has 2 amide bonds. The van der Waals surface area contributed by atoms with E-state index in [-0.39, 0.29) is 17.9 Å². The van der Waals surface area contributed by atoms with Crippen molar-refractivity contribution in [1.29, 1.82) is 0 Å². The fourth-order valence-electron chi connectivity index (χ4n) is 2.81. The second kappa shape index (κ2) is 7.70. The van der Waals surface area contributed by atoms with Crippen LogP contribution in [0.3, 0.4) is 0 Å². The van der Waals surface area contributed by atoms with Gasteiger partial charge in [-0.3, -0.25) is 9.59 Å². The van der Waals surface area contributed by atoms with E-state index < -0.39 is 0 Å². The Labute approximate surface area is 155 Å². The molecule has 3 rings (SSSR count). The van der Waals surface area contributed by atoms with Gasteiger partial charge in [-0.2, -0.15) is 0 Å². The van der Waals surface area contributed by atoms with Gasteiger partial charge in [-0.1, -0.05) is 15.9 Å². The number of amides is 2. The third-order valence-corrected chi connectivity index (χ3v) is 4.55. The molecule has 0 spiro atoms. The zero-order valence-corrected chi connectivity index (χ0v) is 15.5. The first-order valence-electron chi connectivity index (χ1n) is 8.16. The van der Waals surface area contributed by atoms with E-state index in [1.807, 2.05) is 43.3 Å². The highest BCUT2D eigenvalue weighted by Gasteiger charge is 2.31. The molecular weight excluding hydrogens is 384 g/mol. The van der Waals surface area contributed by atoms with E-state index in [0.717, 1.165) is 15.9 Å². The minimum atomic E-state index is -0.199. The van der Waals surface area contributed by atoms with Crippen LogP contribution in [0.25, 0.3) is 0 Å². The van der Waals surface area contributed by atoms with E-state index in [1.54, 1.807) is 17.0 Å². The van der Waals surface area contributed by atoms with Gasteiger partial charge in [-0.15, -0.1) is 0 Å². The van der Waals surface area contributed by atoms with E-state index in [2.05, 4.69) is 21.2 Å². The van der Waals surface area contributed by atoms with Crippen molar-refractivity contribution in [3.63, 3.8) is 0 Å². The van der Waals surface area contributed by atoms with Gasteiger partial charge >= 0.3 is 0 Å².